The third-order valence-electron chi connectivity index (χ3n) is 6.87. The van der Waals surface area contributed by atoms with Gasteiger partial charge < -0.3 is 14.6 Å². The largest absolute Gasteiger partial charge is 0.440 e. The molecule has 0 unspecified atom stereocenters. The molecule has 3 aliphatic rings. The van der Waals surface area contributed by atoms with Crippen LogP contribution < -0.4 is 5.32 Å². The van der Waals surface area contributed by atoms with E-state index in [1.807, 2.05) is 0 Å². The Bertz CT molecular complexity index is 1030. The third kappa shape index (κ3) is 4.13. The molecule has 1 aromatic heterocycles. The van der Waals surface area contributed by atoms with Crippen LogP contribution in [-0.2, 0) is 15.8 Å². The van der Waals surface area contributed by atoms with Gasteiger partial charge in [0.05, 0.1) is 18.2 Å². The maximum absolute atomic E-state index is 12.9. The fourth-order valence-corrected chi connectivity index (χ4v) is 5.03. The lowest BCUT2D eigenvalue weighted by molar-refractivity contribution is -0.137. The Kier molecular flexibility index (Phi) is 5.45. The van der Waals surface area contributed by atoms with Crippen LogP contribution in [0.5, 0.6) is 0 Å². The molecular formula is C22H25F3N4O3. The highest BCUT2D eigenvalue weighted by molar-refractivity contribution is 5.91. The van der Waals surface area contributed by atoms with Crippen molar-refractivity contribution in [3.05, 3.63) is 29.7 Å². The van der Waals surface area contributed by atoms with Gasteiger partial charge in [0.25, 0.3) is 0 Å². The van der Waals surface area contributed by atoms with Crippen molar-refractivity contribution < 1.29 is 27.2 Å². The zero-order valence-electron chi connectivity index (χ0n) is 17.5. The van der Waals surface area contributed by atoms with Gasteiger partial charge in [-0.25, -0.2) is 4.98 Å². The SMILES string of the molecule is O=C1CCN(C(=O)[C@@H]2C[C@H](N3CCC(c4nc5cc(C(F)(F)F)ccc5o4)CC3)CN2)C1. The number of Topliss-reactive ketones (excluding diaryl/α,β-unsaturated/α-hetero) is 1. The molecule has 0 bridgehead atoms. The zero-order valence-corrected chi connectivity index (χ0v) is 17.5. The minimum Gasteiger partial charge on any atom is -0.440 e. The first-order valence-electron chi connectivity index (χ1n) is 11.0. The number of carbonyl (C=O) groups is 2. The molecule has 3 fully saturated rings. The molecule has 1 amide bonds. The summed E-state index contributed by atoms with van der Waals surface area (Å²) in [5.74, 6) is 0.687. The van der Waals surface area contributed by atoms with Crippen LogP contribution in [0, 0.1) is 0 Å². The van der Waals surface area contributed by atoms with Gasteiger partial charge in [0, 0.05) is 31.5 Å². The fraction of sp³-hybridized carbons (Fsp3) is 0.591. The Labute approximate surface area is 182 Å². The lowest BCUT2D eigenvalue weighted by atomic mass is 9.95. The zero-order chi connectivity index (χ0) is 22.5. The first-order chi connectivity index (χ1) is 15.3. The number of nitrogens with zero attached hydrogens (tertiary/aromatic N) is 3. The number of hydrogen-bond donors (Lipinski definition) is 1. The van der Waals surface area contributed by atoms with E-state index < -0.39 is 11.7 Å². The number of rotatable bonds is 3. The first kappa shape index (κ1) is 21.4. The van der Waals surface area contributed by atoms with Crippen LogP contribution in [0.4, 0.5) is 13.2 Å². The van der Waals surface area contributed by atoms with Gasteiger partial charge in [-0.15, -0.1) is 0 Å². The molecule has 0 aliphatic carbocycles. The Hall–Kier alpha value is -2.46. The number of alkyl halides is 3. The number of fused-ring (bicyclic) bond motifs is 1. The number of amides is 1. The molecule has 2 atom stereocenters. The molecule has 10 heteroatoms. The average Bonchev–Trinajstić information content (AvgIpc) is 3.51. The molecule has 2 aromatic rings. The minimum atomic E-state index is -4.41. The van der Waals surface area contributed by atoms with Crippen molar-refractivity contribution in [3.63, 3.8) is 0 Å². The Morgan fingerprint density at radius 3 is 2.66 bits per heavy atom. The fourth-order valence-electron chi connectivity index (χ4n) is 5.03. The number of aromatic nitrogens is 1. The Balaban J connectivity index is 1.18. The van der Waals surface area contributed by atoms with Gasteiger partial charge in [0.1, 0.15) is 5.52 Å². The highest BCUT2D eigenvalue weighted by Gasteiger charge is 2.38. The van der Waals surface area contributed by atoms with E-state index in [9.17, 15) is 22.8 Å². The van der Waals surface area contributed by atoms with Crippen LogP contribution in [0.2, 0.25) is 0 Å². The number of halogens is 3. The maximum atomic E-state index is 12.9. The minimum absolute atomic E-state index is 0.0120. The molecule has 172 valence electrons. The van der Waals surface area contributed by atoms with Crippen LogP contribution in [0.1, 0.15) is 43.1 Å². The van der Waals surface area contributed by atoms with Crippen molar-refractivity contribution in [1.82, 2.24) is 20.1 Å². The number of nitrogens with one attached hydrogen (secondary N) is 1. The van der Waals surface area contributed by atoms with E-state index in [2.05, 4.69) is 15.2 Å². The molecule has 3 saturated heterocycles. The number of piperidine rings is 1. The van der Waals surface area contributed by atoms with Crippen molar-refractivity contribution >= 4 is 22.8 Å². The summed E-state index contributed by atoms with van der Waals surface area (Å²) in [7, 11) is 0. The normalized spacial score (nSPS) is 25.8. The van der Waals surface area contributed by atoms with Gasteiger partial charge in [-0.1, -0.05) is 0 Å². The quantitative estimate of drug-likeness (QED) is 0.775. The average molecular weight is 450 g/mol. The summed E-state index contributed by atoms with van der Waals surface area (Å²) in [6, 6.07) is 3.39. The van der Waals surface area contributed by atoms with E-state index in [4.69, 9.17) is 4.42 Å². The number of hydrogen-bond acceptors (Lipinski definition) is 6. The second-order valence-corrected chi connectivity index (χ2v) is 8.94. The summed E-state index contributed by atoms with van der Waals surface area (Å²) in [6.07, 6.45) is -1.64. The van der Waals surface area contributed by atoms with Gasteiger partial charge in [0.2, 0.25) is 5.91 Å². The molecular weight excluding hydrogens is 425 g/mol. The molecule has 1 aromatic carbocycles. The molecule has 0 saturated carbocycles. The Morgan fingerprint density at radius 1 is 1.19 bits per heavy atom. The summed E-state index contributed by atoms with van der Waals surface area (Å²) in [5.41, 5.74) is -0.119. The molecule has 1 N–H and O–H groups in total. The predicted molar refractivity (Wildman–Crippen MR) is 109 cm³/mol. The standard InChI is InChI=1S/C22H25F3N4O3/c23-22(24,25)14-1-2-19-17(9-14)27-20(32-19)13-3-6-28(7-4-13)15-10-18(26-11-15)21(31)29-8-5-16(30)12-29/h1-2,9,13,15,18,26H,3-8,10-12H2/t15-,18-/m0/s1. The van der Waals surface area contributed by atoms with E-state index in [0.29, 0.717) is 24.4 Å². The lowest BCUT2D eigenvalue weighted by Crippen LogP contribution is -2.43. The number of carbonyl (C=O) groups excluding carboxylic acids is 2. The summed E-state index contributed by atoms with van der Waals surface area (Å²) < 4.78 is 44.6. The highest BCUT2D eigenvalue weighted by atomic mass is 19.4. The topological polar surface area (TPSA) is 78.7 Å². The van der Waals surface area contributed by atoms with Crippen LogP contribution in [0.25, 0.3) is 11.1 Å². The van der Waals surface area contributed by atoms with Crippen LogP contribution in [-0.4, -0.2) is 71.3 Å². The van der Waals surface area contributed by atoms with Crippen molar-refractivity contribution in [2.45, 2.75) is 49.9 Å². The highest BCUT2D eigenvalue weighted by Crippen LogP contribution is 2.35. The van der Waals surface area contributed by atoms with Crippen LogP contribution in [0.15, 0.2) is 22.6 Å². The second-order valence-electron chi connectivity index (χ2n) is 8.94. The number of likely N-dealkylation sites (tertiary alicyclic amines) is 2. The molecule has 7 nitrogen and oxygen atoms in total. The van der Waals surface area contributed by atoms with Crippen molar-refractivity contribution in [2.24, 2.45) is 0 Å². The summed E-state index contributed by atoms with van der Waals surface area (Å²) in [4.78, 5) is 32.4. The molecule has 0 spiro atoms. The van der Waals surface area contributed by atoms with Crippen molar-refractivity contribution in [1.29, 1.82) is 0 Å². The van der Waals surface area contributed by atoms with E-state index >= 15 is 0 Å². The van der Waals surface area contributed by atoms with Gasteiger partial charge in [-0.3, -0.25) is 14.5 Å². The van der Waals surface area contributed by atoms with Crippen LogP contribution >= 0.6 is 0 Å². The summed E-state index contributed by atoms with van der Waals surface area (Å²) >= 11 is 0. The molecule has 3 aliphatic heterocycles. The maximum Gasteiger partial charge on any atom is 0.416 e. The van der Waals surface area contributed by atoms with Gasteiger partial charge in [-0.2, -0.15) is 13.2 Å². The molecule has 4 heterocycles. The number of oxazole rings is 1. The van der Waals surface area contributed by atoms with Gasteiger partial charge >= 0.3 is 6.18 Å². The second kappa shape index (κ2) is 8.15. The van der Waals surface area contributed by atoms with Gasteiger partial charge in [0.15, 0.2) is 17.3 Å². The number of ketones is 1. The lowest BCUT2D eigenvalue weighted by Gasteiger charge is -2.34. The monoisotopic (exact) mass is 450 g/mol. The van der Waals surface area contributed by atoms with E-state index in [1.54, 1.807) is 4.90 Å². The summed E-state index contributed by atoms with van der Waals surface area (Å²) in [5, 5.41) is 3.31. The Morgan fingerprint density at radius 2 is 1.97 bits per heavy atom. The number of benzene rings is 1. The van der Waals surface area contributed by atoms with E-state index in [0.717, 1.165) is 51.0 Å². The predicted octanol–water partition coefficient (Wildman–Crippen LogP) is 2.56. The molecule has 5 rings (SSSR count). The summed E-state index contributed by atoms with van der Waals surface area (Å²) in [6.45, 7) is 3.09. The van der Waals surface area contributed by atoms with E-state index in [-0.39, 0.29) is 41.8 Å². The van der Waals surface area contributed by atoms with Crippen molar-refractivity contribution in [3.8, 4) is 0 Å². The van der Waals surface area contributed by atoms with Crippen molar-refractivity contribution in [2.75, 3.05) is 32.7 Å². The van der Waals surface area contributed by atoms with Gasteiger partial charge in [-0.05, 0) is 50.6 Å². The van der Waals surface area contributed by atoms with Crippen LogP contribution in [0.3, 0.4) is 0 Å². The van der Waals surface area contributed by atoms with E-state index in [1.165, 1.54) is 6.07 Å². The smallest absolute Gasteiger partial charge is 0.416 e. The molecule has 0 radical (unpaired) electrons. The third-order valence-corrected chi connectivity index (χ3v) is 6.87. The molecule has 32 heavy (non-hydrogen) atoms. The first-order valence-corrected chi connectivity index (χ1v) is 11.0.